The van der Waals surface area contributed by atoms with E-state index in [1.807, 2.05) is 39.2 Å². The van der Waals surface area contributed by atoms with Crippen LogP contribution >= 0.6 is 0 Å². The molecular weight excluding hydrogens is 378 g/mol. The molecule has 0 saturated heterocycles. The molecule has 1 N–H and O–H groups in total. The van der Waals surface area contributed by atoms with Gasteiger partial charge >= 0.3 is 6.09 Å². The van der Waals surface area contributed by atoms with E-state index in [9.17, 15) is 4.79 Å². The first-order chi connectivity index (χ1) is 14.2. The van der Waals surface area contributed by atoms with E-state index in [4.69, 9.17) is 9.47 Å². The predicted octanol–water partition coefficient (Wildman–Crippen LogP) is 5.09. The summed E-state index contributed by atoms with van der Waals surface area (Å²) in [5.74, 6) is 0.768. The number of benzene rings is 2. The van der Waals surface area contributed by atoms with Crippen molar-refractivity contribution >= 4 is 38.7 Å². The van der Waals surface area contributed by atoms with E-state index in [1.54, 1.807) is 0 Å². The minimum atomic E-state index is -0.512. The lowest BCUT2D eigenvalue weighted by molar-refractivity contribution is 0.0520. The maximum Gasteiger partial charge on any atom is 0.407 e. The summed E-state index contributed by atoms with van der Waals surface area (Å²) in [5, 5.41) is 7.38. The molecule has 0 spiro atoms. The van der Waals surface area contributed by atoms with Crippen molar-refractivity contribution in [1.29, 1.82) is 0 Å². The Hall–Kier alpha value is -3.28. The van der Waals surface area contributed by atoms with Crippen molar-refractivity contribution in [1.82, 2.24) is 14.9 Å². The number of aromatic nitrogens is 2. The van der Waals surface area contributed by atoms with Crippen LogP contribution in [0.4, 0.5) is 4.79 Å². The second-order valence-electron chi connectivity index (χ2n) is 8.51. The molecule has 0 fully saturated rings. The Kier molecular flexibility index (Phi) is 5.02. The number of carbonyl (C=O) groups excluding carboxylic acids is 1. The van der Waals surface area contributed by atoms with Crippen molar-refractivity contribution in [2.45, 2.75) is 33.3 Å². The molecule has 0 atom stereocenters. The average Bonchev–Trinajstić information content (AvgIpc) is 2.96. The van der Waals surface area contributed by atoms with Gasteiger partial charge in [0.25, 0.3) is 0 Å². The number of pyridine rings is 1. The molecule has 4 aromatic rings. The number of hydrogen-bond acceptors (Lipinski definition) is 4. The minimum absolute atomic E-state index is 0.362. The summed E-state index contributed by atoms with van der Waals surface area (Å²) in [4.78, 5) is 16.0. The van der Waals surface area contributed by atoms with E-state index in [-0.39, 0.29) is 0 Å². The lowest BCUT2D eigenvalue weighted by Gasteiger charge is -2.19. The summed E-state index contributed by atoms with van der Waals surface area (Å²) in [6, 6.07) is 10.4. The van der Waals surface area contributed by atoms with Gasteiger partial charge in [-0.25, -0.2) is 4.79 Å². The van der Waals surface area contributed by atoms with Crippen molar-refractivity contribution in [3.63, 3.8) is 0 Å². The van der Waals surface area contributed by atoms with Crippen molar-refractivity contribution in [3.8, 4) is 5.75 Å². The third-order valence-electron chi connectivity index (χ3n) is 5.16. The van der Waals surface area contributed by atoms with E-state index in [0.29, 0.717) is 13.2 Å². The van der Waals surface area contributed by atoms with Crippen LogP contribution in [-0.2, 0) is 11.8 Å². The topological polar surface area (TPSA) is 65.4 Å². The van der Waals surface area contributed by atoms with Gasteiger partial charge < -0.3 is 19.4 Å². The summed E-state index contributed by atoms with van der Waals surface area (Å²) in [6.07, 6.45) is 3.30. The Balaban J connectivity index is 1.58. The lowest BCUT2D eigenvalue weighted by Crippen LogP contribution is -2.34. The van der Waals surface area contributed by atoms with Crippen LogP contribution in [0.5, 0.6) is 5.75 Å². The zero-order valence-corrected chi connectivity index (χ0v) is 18.1. The maximum absolute atomic E-state index is 11.7. The Bertz CT molecular complexity index is 1250. The number of fused-ring (bicyclic) bond motifs is 4. The number of amides is 1. The van der Waals surface area contributed by atoms with E-state index in [1.165, 1.54) is 21.9 Å². The van der Waals surface area contributed by atoms with E-state index in [0.717, 1.165) is 22.0 Å². The van der Waals surface area contributed by atoms with Crippen molar-refractivity contribution in [2.75, 3.05) is 13.2 Å². The molecule has 0 aliphatic rings. The molecule has 0 aliphatic heterocycles. The number of nitrogens with zero attached hydrogens (tertiary/aromatic N) is 2. The van der Waals surface area contributed by atoms with Gasteiger partial charge in [-0.05, 0) is 69.0 Å². The lowest BCUT2D eigenvalue weighted by atomic mass is 10.0. The van der Waals surface area contributed by atoms with Crippen LogP contribution in [0.15, 0.2) is 42.7 Å². The number of aryl methyl sites for hydroxylation is 2. The monoisotopic (exact) mass is 405 g/mol. The van der Waals surface area contributed by atoms with Gasteiger partial charge in [-0.3, -0.25) is 4.98 Å². The second-order valence-corrected chi connectivity index (χ2v) is 8.51. The fourth-order valence-electron chi connectivity index (χ4n) is 3.92. The number of rotatable bonds is 4. The highest BCUT2D eigenvalue weighted by Gasteiger charge is 2.16. The summed E-state index contributed by atoms with van der Waals surface area (Å²) < 4.78 is 13.3. The van der Waals surface area contributed by atoms with Gasteiger partial charge in [-0.1, -0.05) is 0 Å². The van der Waals surface area contributed by atoms with Gasteiger partial charge in [0.1, 0.15) is 18.0 Å². The van der Waals surface area contributed by atoms with Gasteiger partial charge in [-0.2, -0.15) is 0 Å². The molecule has 0 unspecified atom stereocenters. The molecule has 0 saturated carbocycles. The van der Waals surface area contributed by atoms with Crippen molar-refractivity contribution < 1.29 is 14.3 Å². The first kappa shape index (κ1) is 20.0. The molecular formula is C24H27N3O3. The predicted molar refractivity (Wildman–Crippen MR) is 120 cm³/mol. The Morgan fingerprint density at radius 1 is 1.13 bits per heavy atom. The average molecular weight is 405 g/mol. The van der Waals surface area contributed by atoms with Crippen molar-refractivity contribution in [3.05, 3.63) is 48.3 Å². The van der Waals surface area contributed by atoms with Crippen LogP contribution in [0.2, 0.25) is 0 Å². The molecule has 2 heterocycles. The highest BCUT2D eigenvalue weighted by Crippen LogP contribution is 2.36. The molecule has 30 heavy (non-hydrogen) atoms. The molecule has 0 aliphatic carbocycles. The molecule has 0 bridgehead atoms. The van der Waals surface area contributed by atoms with Gasteiger partial charge in [-0.15, -0.1) is 0 Å². The molecule has 4 rings (SSSR count). The minimum Gasteiger partial charge on any atom is -0.492 e. The SMILES string of the molecule is Cc1c2ccncc2cc2c3cc(OCCNC(=O)OC(C)(C)C)ccc3n(C)c12. The smallest absolute Gasteiger partial charge is 0.407 e. The van der Waals surface area contributed by atoms with E-state index < -0.39 is 11.7 Å². The van der Waals surface area contributed by atoms with Crippen LogP contribution in [0.3, 0.4) is 0 Å². The molecule has 6 nitrogen and oxygen atoms in total. The van der Waals surface area contributed by atoms with Gasteiger partial charge in [0.05, 0.1) is 12.1 Å². The Labute approximate surface area is 175 Å². The van der Waals surface area contributed by atoms with Crippen LogP contribution in [0, 0.1) is 6.92 Å². The maximum atomic E-state index is 11.7. The molecule has 2 aromatic carbocycles. The summed E-state index contributed by atoms with van der Waals surface area (Å²) in [7, 11) is 2.09. The summed E-state index contributed by atoms with van der Waals surface area (Å²) in [5.41, 5.74) is 3.10. The van der Waals surface area contributed by atoms with Crippen LogP contribution in [0.1, 0.15) is 26.3 Å². The standard InChI is InChI=1S/C24H27N3O3/c1-15-18-8-9-25-14-16(18)12-20-19-13-17(6-7-21(19)27(5)22(15)20)29-11-10-26-23(28)30-24(2,3)4/h6-9,12-14H,10-11H2,1-5H3,(H,26,28). The zero-order chi connectivity index (χ0) is 21.5. The van der Waals surface area contributed by atoms with Crippen LogP contribution in [-0.4, -0.2) is 34.4 Å². The summed E-state index contributed by atoms with van der Waals surface area (Å²) in [6.45, 7) is 8.40. The molecule has 1 amide bonds. The van der Waals surface area contributed by atoms with Crippen LogP contribution in [0.25, 0.3) is 32.6 Å². The first-order valence-corrected chi connectivity index (χ1v) is 10.1. The van der Waals surface area contributed by atoms with Crippen molar-refractivity contribution in [2.24, 2.45) is 7.05 Å². The summed E-state index contributed by atoms with van der Waals surface area (Å²) >= 11 is 0. The Morgan fingerprint density at radius 3 is 2.70 bits per heavy atom. The third-order valence-corrected chi connectivity index (χ3v) is 5.16. The number of ether oxygens (including phenoxy) is 2. The fraction of sp³-hybridized carbons (Fsp3) is 0.333. The largest absolute Gasteiger partial charge is 0.492 e. The highest BCUT2D eigenvalue weighted by atomic mass is 16.6. The second kappa shape index (κ2) is 7.52. The fourth-order valence-corrected chi connectivity index (χ4v) is 3.92. The number of alkyl carbamates (subject to hydrolysis) is 1. The van der Waals surface area contributed by atoms with E-state index >= 15 is 0 Å². The van der Waals surface area contributed by atoms with Gasteiger partial charge in [0, 0.05) is 41.1 Å². The molecule has 156 valence electrons. The Morgan fingerprint density at radius 2 is 1.93 bits per heavy atom. The first-order valence-electron chi connectivity index (χ1n) is 10.1. The normalized spacial score (nSPS) is 11.9. The van der Waals surface area contributed by atoms with E-state index in [2.05, 4.69) is 53.1 Å². The highest BCUT2D eigenvalue weighted by molar-refractivity contribution is 6.14. The van der Waals surface area contributed by atoms with Gasteiger partial charge in [0.15, 0.2) is 0 Å². The zero-order valence-electron chi connectivity index (χ0n) is 18.1. The quantitative estimate of drug-likeness (QED) is 0.480. The number of carbonyl (C=O) groups is 1. The molecule has 2 aromatic heterocycles. The van der Waals surface area contributed by atoms with Gasteiger partial charge in [0.2, 0.25) is 0 Å². The molecule has 6 heteroatoms. The third kappa shape index (κ3) is 3.77. The van der Waals surface area contributed by atoms with Crippen LogP contribution < -0.4 is 10.1 Å². The molecule has 0 radical (unpaired) electrons. The number of hydrogen-bond donors (Lipinski definition) is 1. The number of nitrogens with one attached hydrogen (secondary N) is 1.